The molecule has 0 unspecified atom stereocenters. The van der Waals surface area contributed by atoms with Gasteiger partial charge in [0.15, 0.2) is 6.29 Å². The normalized spacial score (nSPS) is 19.3. The highest BCUT2D eigenvalue weighted by Gasteiger charge is 2.48. The van der Waals surface area contributed by atoms with Crippen molar-refractivity contribution in [3.8, 4) is 17.2 Å². The van der Waals surface area contributed by atoms with Crippen LogP contribution in [0.25, 0.3) is 11.0 Å². The number of anilines is 1. The fraction of sp³-hybridized carbons (Fsp3) is 0.444. The average Bonchev–Trinajstić information content (AvgIpc) is 3.52. The third kappa shape index (κ3) is 5.81. The molecule has 0 bridgehead atoms. The van der Waals surface area contributed by atoms with Crippen LogP contribution in [-0.2, 0) is 13.0 Å². The molecule has 2 aliphatic heterocycles. The number of pyridine rings is 1. The van der Waals surface area contributed by atoms with Crippen molar-refractivity contribution >= 4 is 23.0 Å². The van der Waals surface area contributed by atoms with E-state index in [1.165, 1.54) is 36.8 Å². The zero-order valence-electron chi connectivity index (χ0n) is 25.9. The Morgan fingerprint density at radius 3 is 2.55 bits per heavy atom. The van der Waals surface area contributed by atoms with Crippen molar-refractivity contribution in [3.05, 3.63) is 77.6 Å². The molecule has 2 saturated heterocycles. The molecule has 44 heavy (non-hydrogen) atoms. The van der Waals surface area contributed by atoms with Crippen LogP contribution in [0.3, 0.4) is 0 Å². The van der Waals surface area contributed by atoms with Gasteiger partial charge in [0.05, 0.1) is 18.9 Å². The Morgan fingerprint density at radius 1 is 0.977 bits per heavy atom. The van der Waals surface area contributed by atoms with Crippen molar-refractivity contribution in [2.45, 2.75) is 51.6 Å². The minimum absolute atomic E-state index is 0.482. The molecule has 1 aliphatic carbocycles. The molecule has 4 aromatic rings. The number of nitrogens with one attached hydrogen (secondary N) is 1. The number of ether oxygens (including phenoxy) is 2. The Morgan fingerprint density at radius 2 is 1.80 bits per heavy atom. The van der Waals surface area contributed by atoms with Crippen molar-refractivity contribution in [2.75, 3.05) is 51.3 Å². The quantitative estimate of drug-likeness (QED) is 0.228. The van der Waals surface area contributed by atoms with Gasteiger partial charge in [0.25, 0.3) is 0 Å². The van der Waals surface area contributed by atoms with E-state index in [-0.39, 0.29) is 0 Å². The van der Waals surface area contributed by atoms with Gasteiger partial charge in [0.1, 0.15) is 22.9 Å². The molecule has 1 N–H and O–H groups in total. The standard InChI is InChI=1S/C36H43N5O3/c1-3-27-5-4-26(18-33(27)43-2)24-39-14-16-41(17-15-39)31-21-36(22-31)9-12-40(13-10-36)30-7-6-29(25-42)34(20-30)44-32-19-28-8-11-37-35(28)38-23-32/h4-8,11,18-20,23,25,31H,3,9-10,12-17,21-22,24H2,1-2H3,(H,37,38). The lowest BCUT2D eigenvalue weighted by atomic mass is 9.60. The number of benzene rings is 2. The second kappa shape index (κ2) is 12.3. The summed E-state index contributed by atoms with van der Waals surface area (Å²) in [6.45, 7) is 9.84. The van der Waals surface area contributed by atoms with Crippen molar-refractivity contribution in [1.82, 2.24) is 19.8 Å². The maximum absolute atomic E-state index is 11.8. The summed E-state index contributed by atoms with van der Waals surface area (Å²) in [5.74, 6) is 2.22. The maximum Gasteiger partial charge on any atom is 0.153 e. The van der Waals surface area contributed by atoms with E-state index in [2.05, 4.69) is 55.9 Å². The van der Waals surface area contributed by atoms with Crippen LogP contribution in [0.5, 0.6) is 17.2 Å². The molecule has 0 atom stereocenters. The molecular formula is C36H43N5O3. The minimum atomic E-state index is 0.482. The molecule has 0 amide bonds. The zero-order chi connectivity index (χ0) is 30.1. The van der Waals surface area contributed by atoms with E-state index in [9.17, 15) is 4.79 Å². The first-order valence-electron chi connectivity index (χ1n) is 16.1. The zero-order valence-corrected chi connectivity index (χ0v) is 25.9. The lowest BCUT2D eigenvalue weighted by molar-refractivity contribution is -0.0355. The third-order valence-corrected chi connectivity index (χ3v) is 10.3. The molecule has 3 fully saturated rings. The molecule has 8 heteroatoms. The number of hydrogen-bond acceptors (Lipinski definition) is 7. The highest BCUT2D eigenvalue weighted by atomic mass is 16.5. The monoisotopic (exact) mass is 593 g/mol. The number of fused-ring (bicyclic) bond motifs is 1. The van der Waals surface area contributed by atoms with Crippen LogP contribution >= 0.6 is 0 Å². The Balaban J connectivity index is 0.904. The molecule has 1 spiro atoms. The Kier molecular flexibility index (Phi) is 8.04. The molecule has 2 aromatic carbocycles. The Labute approximate surface area is 260 Å². The van der Waals surface area contributed by atoms with Crippen molar-refractivity contribution < 1.29 is 14.3 Å². The topological polar surface area (TPSA) is 73.9 Å². The number of nitrogens with zero attached hydrogens (tertiary/aromatic N) is 4. The van der Waals surface area contributed by atoms with Crippen LogP contribution in [0.2, 0.25) is 0 Å². The average molecular weight is 594 g/mol. The highest BCUT2D eigenvalue weighted by Crippen LogP contribution is 2.51. The minimum Gasteiger partial charge on any atom is -0.496 e. The molecule has 4 heterocycles. The van der Waals surface area contributed by atoms with Crippen LogP contribution in [0.15, 0.2) is 60.9 Å². The smallest absolute Gasteiger partial charge is 0.153 e. The fourth-order valence-corrected chi connectivity index (χ4v) is 7.58. The lowest BCUT2D eigenvalue weighted by Gasteiger charge is -2.56. The maximum atomic E-state index is 11.8. The van der Waals surface area contributed by atoms with E-state index in [1.54, 1.807) is 13.3 Å². The van der Waals surface area contributed by atoms with Gasteiger partial charge in [-0.3, -0.25) is 14.6 Å². The summed E-state index contributed by atoms with van der Waals surface area (Å²) in [7, 11) is 1.77. The van der Waals surface area contributed by atoms with Gasteiger partial charge in [0.2, 0.25) is 0 Å². The lowest BCUT2D eigenvalue weighted by Crippen LogP contribution is -2.59. The number of aldehydes is 1. The van der Waals surface area contributed by atoms with E-state index in [1.807, 2.05) is 30.5 Å². The second-order valence-electron chi connectivity index (χ2n) is 12.9. The van der Waals surface area contributed by atoms with E-state index in [4.69, 9.17) is 9.47 Å². The van der Waals surface area contributed by atoms with Crippen LogP contribution in [0.1, 0.15) is 54.1 Å². The predicted octanol–water partition coefficient (Wildman–Crippen LogP) is 6.31. The number of H-pyrrole nitrogens is 1. The number of hydrogen-bond donors (Lipinski definition) is 1. The number of methoxy groups -OCH3 is 1. The number of aromatic amines is 1. The molecular weight excluding hydrogens is 550 g/mol. The van der Waals surface area contributed by atoms with Gasteiger partial charge in [-0.25, -0.2) is 4.98 Å². The molecule has 2 aromatic heterocycles. The first kappa shape index (κ1) is 28.9. The van der Waals surface area contributed by atoms with Crippen molar-refractivity contribution in [1.29, 1.82) is 0 Å². The van der Waals surface area contributed by atoms with Crippen LogP contribution in [0.4, 0.5) is 5.69 Å². The first-order valence-corrected chi connectivity index (χ1v) is 16.1. The van der Waals surface area contributed by atoms with Crippen molar-refractivity contribution in [3.63, 3.8) is 0 Å². The first-order chi connectivity index (χ1) is 21.5. The summed E-state index contributed by atoms with van der Waals surface area (Å²) in [6.07, 6.45) is 10.5. The summed E-state index contributed by atoms with van der Waals surface area (Å²) >= 11 is 0. The predicted molar refractivity (Wildman–Crippen MR) is 174 cm³/mol. The SMILES string of the molecule is CCc1ccc(CN2CCN(C3CC4(CCN(c5ccc(C=O)c(Oc6cnc7[nH]ccc7c6)c5)CC4)C3)CC2)cc1OC. The third-order valence-electron chi connectivity index (χ3n) is 10.3. The summed E-state index contributed by atoms with van der Waals surface area (Å²) < 4.78 is 11.8. The molecule has 7 rings (SSSR count). The van der Waals surface area contributed by atoms with Gasteiger partial charge in [-0.05, 0) is 79.0 Å². The molecule has 8 nitrogen and oxygen atoms in total. The number of rotatable bonds is 9. The number of carbonyl (C=O) groups is 1. The van der Waals surface area contributed by atoms with E-state index >= 15 is 0 Å². The van der Waals surface area contributed by atoms with Gasteiger partial charge in [-0.2, -0.15) is 0 Å². The van der Waals surface area contributed by atoms with Crippen LogP contribution in [-0.4, -0.2) is 78.5 Å². The fourth-order valence-electron chi connectivity index (χ4n) is 7.58. The Bertz CT molecular complexity index is 1610. The molecule has 3 aliphatic rings. The summed E-state index contributed by atoms with van der Waals surface area (Å²) in [4.78, 5) is 27.1. The van der Waals surface area contributed by atoms with Gasteiger partial charge in [0, 0.05) is 75.2 Å². The van der Waals surface area contributed by atoms with Gasteiger partial charge < -0.3 is 19.4 Å². The number of piperazine rings is 1. The second-order valence-corrected chi connectivity index (χ2v) is 12.9. The number of aromatic nitrogens is 2. The molecule has 1 saturated carbocycles. The Hall–Kier alpha value is -3.88. The molecule has 0 radical (unpaired) electrons. The molecule has 230 valence electrons. The number of piperidine rings is 1. The van der Waals surface area contributed by atoms with E-state index in [0.717, 1.165) is 87.0 Å². The van der Waals surface area contributed by atoms with Gasteiger partial charge in [-0.1, -0.05) is 19.1 Å². The summed E-state index contributed by atoms with van der Waals surface area (Å²) in [5.41, 5.74) is 5.59. The van der Waals surface area contributed by atoms with Gasteiger partial charge >= 0.3 is 0 Å². The number of aryl methyl sites for hydroxylation is 1. The largest absolute Gasteiger partial charge is 0.496 e. The highest BCUT2D eigenvalue weighted by molar-refractivity contribution is 5.81. The van der Waals surface area contributed by atoms with Crippen molar-refractivity contribution in [2.24, 2.45) is 5.41 Å². The van der Waals surface area contributed by atoms with E-state index < -0.39 is 0 Å². The summed E-state index contributed by atoms with van der Waals surface area (Å²) in [6, 6.07) is 17.3. The van der Waals surface area contributed by atoms with E-state index in [0.29, 0.717) is 22.5 Å². The number of carbonyl (C=O) groups excluding carboxylic acids is 1. The van der Waals surface area contributed by atoms with Crippen LogP contribution in [0, 0.1) is 5.41 Å². The van der Waals surface area contributed by atoms with Gasteiger partial charge in [-0.15, -0.1) is 0 Å². The summed E-state index contributed by atoms with van der Waals surface area (Å²) in [5, 5.41) is 0.979. The van der Waals surface area contributed by atoms with Crippen LogP contribution < -0.4 is 14.4 Å².